The first-order chi connectivity index (χ1) is 13.8. The molecular weight excluding hydrogens is 374 g/mol. The van der Waals surface area contributed by atoms with Crippen molar-refractivity contribution in [1.29, 1.82) is 0 Å². The minimum atomic E-state index is -0.938. The molecule has 0 aromatic heterocycles. The van der Waals surface area contributed by atoms with Gasteiger partial charge in [-0.2, -0.15) is 0 Å². The number of nitrogens with one attached hydrogen (secondary N) is 2. The highest BCUT2D eigenvalue weighted by Gasteiger charge is 2.27. The van der Waals surface area contributed by atoms with E-state index in [-0.39, 0.29) is 24.2 Å². The van der Waals surface area contributed by atoms with Crippen LogP contribution in [0.2, 0.25) is 0 Å². The minimum absolute atomic E-state index is 0.103. The van der Waals surface area contributed by atoms with Crippen molar-refractivity contribution in [2.24, 2.45) is 5.73 Å². The number of fused-ring (bicyclic) bond motifs is 1. The van der Waals surface area contributed by atoms with Crippen LogP contribution < -0.4 is 21.1 Å². The number of hydrogen-bond acceptors (Lipinski definition) is 5. The standard InChI is InChI=1S/C21H23N3O5/c1-12-9-15(29-11-19(26)24-21(22)28)6-8-18(12)23-20(27)17-4-2-3-13-10-14(25)5-7-16(13)17/h5-10,17,25H,2-4,11H2,1H3,(H,23,27)(H3,22,24,26,28). The highest BCUT2D eigenvalue weighted by molar-refractivity contribution is 5.97. The Morgan fingerprint density at radius 2 is 2.00 bits per heavy atom. The number of benzene rings is 2. The maximum Gasteiger partial charge on any atom is 0.318 e. The molecule has 29 heavy (non-hydrogen) atoms. The van der Waals surface area contributed by atoms with E-state index in [1.165, 1.54) is 0 Å². The van der Waals surface area contributed by atoms with E-state index in [1.807, 2.05) is 18.3 Å². The van der Waals surface area contributed by atoms with Crippen molar-refractivity contribution in [3.05, 3.63) is 53.1 Å². The van der Waals surface area contributed by atoms with E-state index in [4.69, 9.17) is 10.5 Å². The van der Waals surface area contributed by atoms with Crippen LogP contribution in [0.3, 0.4) is 0 Å². The molecule has 152 valence electrons. The van der Waals surface area contributed by atoms with Gasteiger partial charge in [-0.3, -0.25) is 14.9 Å². The molecule has 1 aliphatic rings. The number of amides is 4. The molecule has 8 nitrogen and oxygen atoms in total. The number of carbonyl (C=O) groups excluding carboxylic acids is 3. The summed E-state index contributed by atoms with van der Waals surface area (Å²) in [5.41, 5.74) is 8.25. The van der Waals surface area contributed by atoms with Crippen LogP contribution in [0.25, 0.3) is 0 Å². The lowest BCUT2D eigenvalue weighted by Gasteiger charge is -2.25. The predicted octanol–water partition coefficient (Wildman–Crippen LogP) is 2.33. The zero-order valence-electron chi connectivity index (χ0n) is 16.0. The Bertz CT molecular complexity index is 957. The van der Waals surface area contributed by atoms with Crippen molar-refractivity contribution in [1.82, 2.24) is 5.32 Å². The Balaban J connectivity index is 1.66. The van der Waals surface area contributed by atoms with E-state index in [2.05, 4.69) is 5.32 Å². The van der Waals surface area contributed by atoms with Crippen molar-refractivity contribution in [3.8, 4) is 11.5 Å². The van der Waals surface area contributed by atoms with Crippen LogP contribution in [0.15, 0.2) is 36.4 Å². The smallest absolute Gasteiger partial charge is 0.318 e. The number of phenolic OH excluding ortho intramolecular Hbond substituents is 1. The van der Waals surface area contributed by atoms with E-state index in [0.29, 0.717) is 11.4 Å². The molecular formula is C21H23N3O5. The number of imide groups is 1. The van der Waals surface area contributed by atoms with E-state index >= 15 is 0 Å². The molecule has 3 rings (SSSR count). The Labute approximate surface area is 168 Å². The normalized spacial score (nSPS) is 15.1. The van der Waals surface area contributed by atoms with Crippen molar-refractivity contribution in [2.45, 2.75) is 32.1 Å². The number of nitrogens with two attached hydrogens (primary N) is 1. The van der Waals surface area contributed by atoms with Crippen LogP contribution in [0.5, 0.6) is 11.5 Å². The number of aryl methyl sites for hydroxylation is 2. The third-order valence-electron chi connectivity index (χ3n) is 4.85. The van der Waals surface area contributed by atoms with Gasteiger partial charge in [-0.25, -0.2) is 4.79 Å². The number of anilines is 1. The molecule has 0 spiro atoms. The fourth-order valence-electron chi connectivity index (χ4n) is 3.48. The second kappa shape index (κ2) is 8.64. The van der Waals surface area contributed by atoms with Crippen molar-refractivity contribution in [3.63, 3.8) is 0 Å². The number of urea groups is 1. The molecule has 0 radical (unpaired) electrons. The van der Waals surface area contributed by atoms with Gasteiger partial charge in [0, 0.05) is 5.69 Å². The molecule has 0 bridgehead atoms. The maximum absolute atomic E-state index is 12.9. The second-order valence-electron chi connectivity index (χ2n) is 7.00. The predicted molar refractivity (Wildman–Crippen MR) is 107 cm³/mol. The average molecular weight is 397 g/mol. The second-order valence-corrected chi connectivity index (χ2v) is 7.00. The average Bonchev–Trinajstić information content (AvgIpc) is 2.67. The number of rotatable bonds is 5. The van der Waals surface area contributed by atoms with E-state index in [9.17, 15) is 19.5 Å². The first-order valence-electron chi connectivity index (χ1n) is 9.29. The van der Waals surface area contributed by atoms with Crippen LogP contribution in [0.4, 0.5) is 10.5 Å². The Morgan fingerprint density at radius 1 is 1.21 bits per heavy atom. The molecule has 8 heteroatoms. The molecule has 5 N–H and O–H groups in total. The van der Waals surface area contributed by atoms with E-state index in [1.54, 1.807) is 30.3 Å². The summed E-state index contributed by atoms with van der Waals surface area (Å²) >= 11 is 0. The summed E-state index contributed by atoms with van der Waals surface area (Å²) in [6.45, 7) is 1.47. The van der Waals surface area contributed by atoms with Crippen LogP contribution in [0.1, 0.15) is 35.4 Å². The maximum atomic E-state index is 12.9. The van der Waals surface area contributed by atoms with Gasteiger partial charge in [-0.1, -0.05) is 6.07 Å². The molecule has 4 amide bonds. The Morgan fingerprint density at radius 3 is 2.72 bits per heavy atom. The van der Waals surface area contributed by atoms with Gasteiger partial charge in [0.05, 0.1) is 5.92 Å². The van der Waals surface area contributed by atoms with Crippen LogP contribution in [0, 0.1) is 6.92 Å². The summed E-state index contributed by atoms with van der Waals surface area (Å²) in [5, 5.41) is 14.5. The number of phenols is 1. The summed E-state index contributed by atoms with van der Waals surface area (Å²) in [6, 6.07) is 9.24. The minimum Gasteiger partial charge on any atom is -0.508 e. The van der Waals surface area contributed by atoms with Gasteiger partial charge >= 0.3 is 6.03 Å². The fourth-order valence-corrected chi connectivity index (χ4v) is 3.48. The molecule has 2 aromatic rings. The topological polar surface area (TPSA) is 131 Å². The van der Waals surface area contributed by atoms with Gasteiger partial charge in [0.2, 0.25) is 5.91 Å². The Kier molecular flexibility index (Phi) is 6.01. The van der Waals surface area contributed by atoms with Gasteiger partial charge in [-0.15, -0.1) is 0 Å². The van der Waals surface area contributed by atoms with Gasteiger partial charge in [-0.05, 0) is 73.2 Å². The lowest BCUT2D eigenvalue weighted by molar-refractivity contribution is -0.122. The monoisotopic (exact) mass is 397 g/mol. The fraction of sp³-hybridized carbons (Fsp3) is 0.286. The number of hydrogen-bond donors (Lipinski definition) is 4. The quantitative estimate of drug-likeness (QED) is 0.615. The number of ether oxygens (including phenoxy) is 1. The summed E-state index contributed by atoms with van der Waals surface area (Å²) in [4.78, 5) is 34.9. The lowest BCUT2D eigenvalue weighted by atomic mass is 9.82. The van der Waals surface area contributed by atoms with Crippen molar-refractivity contribution < 1.29 is 24.2 Å². The first kappa shape index (κ1) is 20.2. The van der Waals surface area contributed by atoms with E-state index < -0.39 is 11.9 Å². The Hall–Kier alpha value is -3.55. The first-order valence-corrected chi connectivity index (χ1v) is 9.29. The van der Waals surface area contributed by atoms with Gasteiger partial charge in [0.1, 0.15) is 11.5 Å². The van der Waals surface area contributed by atoms with E-state index in [0.717, 1.165) is 36.0 Å². The number of primary amides is 1. The number of carbonyl (C=O) groups is 3. The molecule has 0 saturated carbocycles. The molecule has 2 aromatic carbocycles. The molecule has 0 fully saturated rings. The summed E-state index contributed by atoms with van der Waals surface area (Å²) < 4.78 is 5.33. The van der Waals surface area contributed by atoms with Crippen LogP contribution >= 0.6 is 0 Å². The molecule has 1 atom stereocenters. The molecule has 0 heterocycles. The van der Waals surface area contributed by atoms with Crippen molar-refractivity contribution in [2.75, 3.05) is 11.9 Å². The SMILES string of the molecule is Cc1cc(OCC(=O)NC(N)=O)ccc1NC(=O)C1CCCc2cc(O)ccc21. The largest absolute Gasteiger partial charge is 0.508 e. The third kappa shape index (κ3) is 5.04. The van der Waals surface area contributed by atoms with Gasteiger partial charge < -0.3 is 20.9 Å². The highest BCUT2D eigenvalue weighted by atomic mass is 16.5. The molecule has 0 saturated heterocycles. The van der Waals surface area contributed by atoms with Crippen molar-refractivity contribution >= 4 is 23.5 Å². The molecule has 0 aliphatic heterocycles. The summed E-state index contributed by atoms with van der Waals surface area (Å²) in [5.74, 6) is -0.379. The van der Waals surface area contributed by atoms with Gasteiger partial charge in [0.15, 0.2) is 6.61 Å². The van der Waals surface area contributed by atoms with Crippen LogP contribution in [-0.4, -0.2) is 29.6 Å². The molecule has 1 aliphatic carbocycles. The number of aromatic hydroxyl groups is 1. The summed E-state index contributed by atoms with van der Waals surface area (Å²) in [6.07, 6.45) is 2.48. The highest BCUT2D eigenvalue weighted by Crippen LogP contribution is 2.34. The third-order valence-corrected chi connectivity index (χ3v) is 4.85. The summed E-state index contributed by atoms with van der Waals surface area (Å²) in [7, 11) is 0. The zero-order valence-corrected chi connectivity index (χ0v) is 16.0. The zero-order chi connectivity index (χ0) is 21.0. The van der Waals surface area contributed by atoms with Crippen LogP contribution in [-0.2, 0) is 16.0 Å². The lowest BCUT2D eigenvalue weighted by Crippen LogP contribution is -2.38. The molecule has 1 unspecified atom stereocenters. The van der Waals surface area contributed by atoms with Gasteiger partial charge in [0.25, 0.3) is 5.91 Å².